The summed E-state index contributed by atoms with van der Waals surface area (Å²) in [5.41, 5.74) is 2.62. The van der Waals surface area contributed by atoms with E-state index in [1.807, 2.05) is 18.2 Å². The van der Waals surface area contributed by atoms with Crippen molar-refractivity contribution >= 4 is 48.3 Å². The summed E-state index contributed by atoms with van der Waals surface area (Å²) in [6, 6.07) is 9.19. The second-order valence-corrected chi connectivity index (χ2v) is 15.3. The fraction of sp³-hybridized carbons (Fsp3) is 0.440. The van der Waals surface area contributed by atoms with Gasteiger partial charge >= 0.3 is 11.7 Å². The van der Waals surface area contributed by atoms with Crippen molar-refractivity contribution in [3.8, 4) is 6.07 Å². The summed E-state index contributed by atoms with van der Waals surface area (Å²) in [6.07, 6.45) is 1.02. The van der Waals surface area contributed by atoms with Gasteiger partial charge in [-0.3, -0.25) is 9.13 Å². The van der Waals surface area contributed by atoms with Gasteiger partial charge in [-0.15, -0.1) is 0 Å². The predicted molar refractivity (Wildman–Crippen MR) is 143 cm³/mol. The molecule has 0 saturated heterocycles. The van der Waals surface area contributed by atoms with Crippen molar-refractivity contribution in [3.63, 3.8) is 0 Å². The van der Waals surface area contributed by atoms with Crippen LogP contribution in [0.5, 0.6) is 0 Å². The molecule has 0 bridgehead atoms. The van der Waals surface area contributed by atoms with Gasteiger partial charge in [-0.25, -0.2) is 14.6 Å². The molecular weight excluding hydrogens is 498 g/mol. The highest BCUT2D eigenvalue weighted by Gasteiger charge is 2.41. The summed E-state index contributed by atoms with van der Waals surface area (Å²) in [6.45, 7) is 10.7. The molecule has 1 aromatic carbocycles. The lowest BCUT2D eigenvalue weighted by molar-refractivity contribution is -0.149. The molecule has 1 unspecified atom stereocenters. The molecule has 0 amide bonds. The van der Waals surface area contributed by atoms with Crippen LogP contribution in [0.2, 0.25) is 23.3 Å². The Balaban J connectivity index is 1.95. The van der Waals surface area contributed by atoms with E-state index in [9.17, 15) is 14.9 Å². The van der Waals surface area contributed by atoms with Gasteiger partial charge in [-0.1, -0.05) is 32.4 Å². The number of rotatable bonds is 8. The molecule has 36 heavy (non-hydrogen) atoms. The normalized spacial score (nSPS) is 12.9. The first-order chi connectivity index (χ1) is 16.8. The number of ether oxygens (including phenoxy) is 1. The van der Waals surface area contributed by atoms with E-state index in [0.717, 1.165) is 5.52 Å². The van der Waals surface area contributed by atoms with Gasteiger partial charge in [-0.2, -0.15) is 5.26 Å². The Bertz CT molecular complexity index is 1380. The number of methoxy groups -OCH3 is 1. The number of pyridine rings is 1. The van der Waals surface area contributed by atoms with E-state index < -0.39 is 20.4 Å². The molecule has 0 aliphatic carbocycles. The highest BCUT2D eigenvalue weighted by atomic mass is 35.5. The van der Waals surface area contributed by atoms with Gasteiger partial charge < -0.3 is 14.5 Å². The number of anilines is 2. The minimum absolute atomic E-state index is 0.0890. The van der Waals surface area contributed by atoms with E-state index in [1.54, 1.807) is 22.2 Å². The van der Waals surface area contributed by atoms with E-state index in [2.05, 4.69) is 50.2 Å². The van der Waals surface area contributed by atoms with Gasteiger partial charge in [0, 0.05) is 31.9 Å². The summed E-state index contributed by atoms with van der Waals surface area (Å²) in [7, 11) is 0.785. The minimum atomic E-state index is -2.26. The smallest absolute Gasteiger partial charge is 0.333 e. The number of hydrogen-bond acceptors (Lipinski definition) is 7. The number of hydrogen-bond donors (Lipinski definition) is 1. The summed E-state index contributed by atoms with van der Waals surface area (Å²) >= 11 is 6.05. The fourth-order valence-corrected chi connectivity index (χ4v) is 5.12. The van der Waals surface area contributed by atoms with Crippen LogP contribution in [-0.2, 0) is 27.5 Å². The number of halogens is 1. The zero-order valence-electron chi connectivity index (χ0n) is 21.7. The molecule has 0 radical (unpaired) electrons. The summed E-state index contributed by atoms with van der Waals surface area (Å²) in [5.74, 6) is -0.450. The maximum Gasteiger partial charge on any atom is 0.333 e. The molecular formula is C25H32ClN5O4Si. The Morgan fingerprint density at radius 3 is 2.58 bits per heavy atom. The van der Waals surface area contributed by atoms with Crippen molar-refractivity contribution in [2.24, 2.45) is 7.05 Å². The Hall–Kier alpha value is -3.13. The van der Waals surface area contributed by atoms with Crippen LogP contribution < -0.4 is 11.0 Å². The van der Waals surface area contributed by atoms with Crippen molar-refractivity contribution in [2.45, 2.75) is 58.0 Å². The summed E-state index contributed by atoms with van der Waals surface area (Å²) in [4.78, 5) is 29.6. The average Bonchev–Trinajstić information content (AvgIpc) is 3.04. The maximum absolute atomic E-state index is 13.1. The molecule has 0 aliphatic rings. The monoisotopic (exact) mass is 529 g/mol. The van der Waals surface area contributed by atoms with Crippen molar-refractivity contribution in [1.82, 2.24) is 14.1 Å². The zero-order valence-corrected chi connectivity index (χ0v) is 23.4. The number of carbonyl (C=O) groups is 1. The number of benzene rings is 1. The second-order valence-electron chi connectivity index (χ2n) is 10.1. The quantitative estimate of drug-likeness (QED) is 0.249. The van der Waals surface area contributed by atoms with Crippen LogP contribution in [0.15, 0.2) is 35.3 Å². The third-order valence-electron chi connectivity index (χ3n) is 6.76. The number of nitrogens with zero attached hydrogens (tertiary/aromatic N) is 4. The van der Waals surface area contributed by atoms with Crippen LogP contribution in [-0.4, -0.2) is 41.6 Å². The fourth-order valence-electron chi connectivity index (χ4n) is 3.64. The highest BCUT2D eigenvalue weighted by molar-refractivity contribution is 6.74. The Morgan fingerprint density at radius 2 is 1.97 bits per heavy atom. The van der Waals surface area contributed by atoms with Crippen LogP contribution >= 0.6 is 11.6 Å². The molecule has 11 heteroatoms. The SMILES string of the molecule is COC(=O)C(CCn1c(=O)n(C)c2ccc(Nc3ccnc(Cl)c3C#N)cc21)O[Si](C)(C)C(C)(C)C. The highest BCUT2D eigenvalue weighted by Crippen LogP contribution is 2.38. The molecule has 2 heterocycles. The van der Waals surface area contributed by atoms with Gasteiger partial charge in [0.1, 0.15) is 22.9 Å². The number of aromatic nitrogens is 3. The lowest BCUT2D eigenvalue weighted by Crippen LogP contribution is -2.46. The van der Waals surface area contributed by atoms with Gasteiger partial charge in [0.15, 0.2) is 8.32 Å². The third-order valence-corrected chi connectivity index (χ3v) is 11.5. The number of esters is 1. The van der Waals surface area contributed by atoms with Crippen molar-refractivity contribution in [3.05, 3.63) is 51.7 Å². The van der Waals surface area contributed by atoms with E-state index in [4.69, 9.17) is 20.8 Å². The molecule has 0 saturated carbocycles. The van der Waals surface area contributed by atoms with E-state index in [0.29, 0.717) is 16.9 Å². The molecule has 192 valence electrons. The summed E-state index contributed by atoms with van der Waals surface area (Å²) in [5, 5.41) is 12.6. The lowest BCUT2D eigenvalue weighted by atomic mass is 10.2. The Kier molecular flexibility index (Phi) is 7.98. The Labute approximate surface area is 216 Å². The van der Waals surface area contributed by atoms with Crippen LogP contribution in [0.25, 0.3) is 11.0 Å². The van der Waals surface area contributed by atoms with Gasteiger partial charge in [0.2, 0.25) is 0 Å². The van der Waals surface area contributed by atoms with Crippen molar-refractivity contribution < 1.29 is 14.0 Å². The Morgan fingerprint density at radius 1 is 1.28 bits per heavy atom. The molecule has 9 nitrogen and oxygen atoms in total. The summed E-state index contributed by atoms with van der Waals surface area (Å²) < 4.78 is 14.6. The third kappa shape index (κ3) is 5.48. The first-order valence-corrected chi connectivity index (χ1v) is 14.9. The topological polar surface area (TPSA) is 111 Å². The molecule has 0 fully saturated rings. The van der Waals surface area contributed by atoms with E-state index >= 15 is 0 Å². The standard InChI is InChI=1S/C25H32ClN5O4Si/c1-25(2,3)36(6,7)35-21(23(32)34-5)11-13-31-20-14-16(8-9-19(20)30(4)24(31)33)29-18-10-12-28-22(26)17(18)15-27/h8-10,12,14,21H,11,13H2,1-7H3,(H,28,29). The molecule has 1 N–H and O–H groups in total. The lowest BCUT2D eigenvalue weighted by Gasteiger charge is -2.38. The number of fused-ring (bicyclic) bond motifs is 1. The number of aryl methyl sites for hydroxylation is 2. The van der Waals surface area contributed by atoms with Crippen molar-refractivity contribution in [1.29, 1.82) is 5.26 Å². The molecule has 3 rings (SSSR count). The average molecular weight is 530 g/mol. The number of imidazole rings is 1. The molecule has 3 aromatic rings. The van der Waals surface area contributed by atoms with E-state index in [-0.39, 0.29) is 34.4 Å². The van der Waals surface area contributed by atoms with Crippen LogP contribution in [0.1, 0.15) is 32.8 Å². The molecule has 0 spiro atoms. The predicted octanol–water partition coefficient (Wildman–Crippen LogP) is 4.96. The maximum atomic E-state index is 13.1. The molecule has 1 atom stereocenters. The van der Waals surface area contributed by atoms with Gasteiger partial charge in [0.05, 0.1) is 23.8 Å². The first kappa shape index (κ1) is 27.5. The largest absolute Gasteiger partial charge is 0.467 e. The number of nitrogens with one attached hydrogen (secondary N) is 1. The van der Waals surface area contributed by atoms with Gasteiger partial charge in [0.25, 0.3) is 0 Å². The van der Waals surface area contributed by atoms with Crippen LogP contribution in [0.4, 0.5) is 11.4 Å². The number of carbonyl (C=O) groups excluding carboxylic acids is 1. The first-order valence-electron chi connectivity index (χ1n) is 11.6. The van der Waals surface area contributed by atoms with Gasteiger partial charge in [-0.05, 0) is 42.4 Å². The van der Waals surface area contributed by atoms with Crippen LogP contribution in [0.3, 0.4) is 0 Å². The van der Waals surface area contributed by atoms with E-state index in [1.165, 1.54) is 13.3 Å². The molecule has 0 aliphatic heterocycles. The zero-order chi connectivity index (χ0) is 26.8. The number of nitriles is 1. The van der Waals surface area contributed by atoms with Crippen molar-refractivity contribution in [2.75, 3.05) is 12.4 Å². The second kappa shape index (κ2) is 10.5. The molecule has 2 aromatic heterocycles. The minimum Gasteiger partial charge on any atom is -0.467 e. The van der Waals surface area contributed by atoms with Crippen LogP contribution in [0, 0.1) is 11.3 Å².